The van der Waals surface area contributed by atoms with Crippen LogP contribution in [0.1, 0.15) is 37.7 Å². The van der Waals surface area contributed by atoms with E-state index < -0.39 is 6.10 Å². The molecule has 24 heavy (non-hydrogen) atoms. The van der Waals surface area contributed by atoms with E-state index in [4.69, 9.17) is 4.42 Å². The second-order valence-corrected chi connectivity index (χ2v) is 5.70. The van der Waals surface area contributed by atoms with Crippen molar-refractivity contribution in [2.24, 2.45) is 4.99 Å². The minimum atomic E-state index is -0.645. The molecule has 0 spiro atoms. The summed E-state index contributed by atoms with van der Waals surface area (Å²) in [5.41, 5.74) is 0.812. The number of pyridine rings is 1. The van der Waals surface area contributed by atoms with Crippen LogP contribution in [-0.4, -0.2) is 35.2 Å². The molecule has 2 heterocycles. The number of rotatable bonds is 8. The van der Waals surface area contributed by atoms with E-state index in [1.807, 2.05) is 12.1 Å². The zero-order valence-electron chi connectivity index (χ0n) is 14.3. The zero-order valence-corrected chi connectivity index (χ0v) is 14.3. The fourth-order valence-corrected chi connectivity index (χ4v) is 2.12. The molecule has 0 bridgehead atoms. The molecule has 0 aliphatic rings. The minimum absolute atomic E-state index is 0.288. The van der Waals surface area contributed by atoms with E-state index in [-0.39, 0.29) is 6.54 Å². The molecule has 0 radical (unpaired) electrons. The van der Waals surface area contributed by atoms with E-state index in [0.717, 1.165) is 24.2 Å². The highest BCUT2D eigenvalue weighted by Gasteiger charge is 2.08. The van der Waals surface area contributed by atoms with Gasteiger partial charge in [-0.2, -0.15) is 0 Å². The summed E-state index contributed by atoms with van der Waals surface area (Å²) in [6.07, 6.45) is 6.14. The number of nitrogens with one attached hydrogen (secondary N) is 2. The van der Waals surface area contributed by atoms with Crippen LogP contribution in [0, 0.1) is 0 Å². The van der Waals surface area contributed by atoms with Crippen molar-refractivity contribution in [2.75, 3.05) is 13.1 Å². The maximum absolute atomic E-state index is 10.2. The van der Waals surface area contributed by atoms with Crippen molar-refractivity contribution in [3.63, 3.8) is 0 Å². The molecule has 130 valence electrons. The summed E-state index contributed by atoms with van der Waals surface area (Å²) in [6, 6.07) is 7.73. The maximum atomic E-state index is 10.2. The number of hydrogen-bond acceptors (Lipinski definition) is 4. The summed E-state index contributed by atoms with van der Waals surface area (Å²) in [7, 11) is 0. The SMILES string of the molecule is CCC(C)NC(=NCC(O)c1ccncc1)NCCc1ccco1. The van der Waals surface area contributed by atoms with Crippen LogP contribution in [0.5, 0.6) is 0 Å². The van der Waals surface area contributed by atoms with E-state index in [1.54, 1.807) is 30.8 Å². The molecule has 0 amide bonds. The van der Waals surface area contributed by atoms with Crippen molar-refractivity contribution >= 4 is 5.96 Å². The van der Waals surface area contributed by atoms with Gasteiger partial charge in [0.05, 0.1) is 18.9 Å². The summed E-state index contributed by atoms with van der Waals surface area (Å²) in [5.74, 6) is 1.63. The van der Waals surface area contributed by atoms with Crippen LogP contribution in [0.4, 0.5) is 0 Å². The lowest BCUT2D eigenvalue weighted by Crippen LogP contribution is -2.43. The number of aliphatic hydroxyl groups excluding tert-OH is 1. The average Bonchev–Trinajstić information content (AvgIpc) is 3.13. The molecule has 2 rings (SSSR count). The highest BCUT2D eigenvalue weighted by molar-refractivity contribution is 5.80. The molecular weight excluding hydrogens is 304 g/mol. The lowest BCUT2D eigenvalue weighted by Gasteiger charge is -2.17. The first-order valence-electron chi connectivity index (χ1n) is 8.34. The van der Waals surface area contributed by atoms with Gasteiger partial charge in [-0.15, -0.1) is 0 Å². The summed E-state index contributed by atoms with van der Waals surface area (Å²) >= 11 is 0. The monoisotopic (exact) mass is 330 g/mol. The van der Waals surface area contributed by atoms with E-state index in [0.29, 0.717) is 18.5 Å². The molecule has 0 saturated carbocycles. The van der Waals surface area contributed by atoms with Gasteiger partial charge in [0.1, 0.15) is 5.76 Å². The Bertz CT molecular complexity index is 599. The summed E-state index contributed by atoms with van der Waals surface area (Å²) in [4.78, 5) is 8.46. The van der Waals surface area contributed by atoms with Gasteiger partial charge in [-0.1, -0.05) is 6.92 Å². The van der Waals surface area contributed by atoms with Gasteiger partial charge < -0.3 is 20.2 Å². The Labute approximate surface area is 143 Å². The number of guanidine groups is 1. The fraction of sp³-hybridized carbons (Fsp3) is 0.444. The van der Waals surface area contributed by atoms with Crippen molar-refractivity contribution in [1.82, 2.24) is 15.6 Å². The van der Waals surface area contributed by atoms with E-state index in [1.165, 1.54) is 0 Å². The van der Waals surface area contributed by atoms with Crippen molar-refractivity contribution in [1.29, 1.82) is 0 Å². The maximum Gasteiger partial charge on any atom is 0.191 e. The first-order valence-corrected chi connectivity index (χ1v) is 8.34. The number of aliphatic hydroxyl groups is 1. The third kappa shape index (κ3) is 6.04. The van der Waals surface area contributed by atoms with Gasteiger partial charge in [0.2, 0.25) is 0 Å². The lowest BCUT2D eigenvalue weighted by molar-refractivity contribution is 0.187. The highest BCUT2D eigenvalue weighted by Crippen LogP contribution is 2.11. The summed E-state index contributed by atoms with van der Waals surface area (Å²) in [5, 5.41) is 16.9. The molecule has 2 atom stereocenters. The summed E-state index contributed by atoms with van der Waals surface area (Å²) < 4.78 is 5.33. The first-order chi connectivity index (χ1) is 11.7. The van der Waals surface area contributed by atoms with Gasteiger partial charge in [-0.3, -0.25) is 9.98 Å². The van der Waals surface area contributed by atoms with Crippen LogP contribution in [-0.2, 0) is 6.42 Å². The predicted octanol–water partition coefficient (Wildman–Crippen LogP) is 2.28. The van der Waals surface area contributed by atoms with Gasteiger partial charge in [-0.05, 0) is 43.2 Å². The van der Waals surface area contributed by atoms with Crippen LogP contribution in [0.15, 0.2) is 52.3 Å². The normalized spacial score (nSPS) is 14.2. The van der Waals surface area contributed by atoms with Crippen LogP contribution in [0.2, 0.25) is 0 Å². The van der Waals surface area contributed by atoms with Crippen LogP contribution in [0.3, 0.4) is 0 Å². The van der Waals surface area contributed by atoms with E-state index in [2.05, 4.69) is 34.5 Å². The second-order valence-electron chi connectivity index (χ2n) is 5.70. The Morgan fingerprint density at radius 1 is 1.33 bits per heavy atom. The van der Waals surface area contributed by atoms with Crippen molar-refractivity contribution in [2.45, 2.75) is 38.8 Å². The molecule has 0 aliphatic heterocycles. The number of nitrogens with zero attached hydrogens (tertiary/aromatic N) is 2. The van der Waals surface area contributed by atoms with Crippen molar-refractivity contribution < 1.29 is 9.52 Å². The van der Waals surface area contributed by atoms with Crippen molar-refractivity contribution in [3.8, 4) is 0 Å². The number of hydrogen-bond donors (Lipinski definition) is 3. The molecule has 3 N–H and O–H groups in total. The Balaban J connectivity index is 1.90. The minimum Gasteiger partial charge on any atom is -0.469 e. The molecule has 2 aromatic rings. The standard InChI is InChI=1S/C18H26N4O2/c1-3-14(2)22-18(20-11-8-16-5-4-12-24-16)21-13-17(23)15-6-9-19-10-7-15/h4-7,9-10,12,14,17,23H,3,8,11,13H2,1-2H3,(H2,20,21,22). The Morgan fingerprint density at radius 2 is 2.12 bits per heavy atom. The Kier molecular flexibility index (Phi) is 7.29. The molecule has 0 saturated heterocycles. The fourth-order valence-electron chi connectivity index (χ4n) is 2.12. The third-order valence-electron chi connectivity index (χ3n) is 3.75. The predicted molar refractivity (Wildman–Crippen MR) is 94.8 cm³/mol. The van der Waals surface area contributed by atoms with Crippen LogP contribution >= 0.6 is 0 Å². The van der Waals surface area contributed by atoms with Crippen LogP contribution < -0.4 is 10.6 Å². The second kappa shape index (κ2) is 9.72. The molecule has 6 nitrogen and oxygen atoms in total. The largest absolute Gasteiger partial charge is 0.469 e. The molecule has 0 aliphatic carbocycles. The average molecular weight is 330 g/mol. The molecule has 6 heteroatoms. The van der Waals surface area contributed by atoms with Gasteiger partial charge >= 0.3 is 0 Å². The third-order valence-corrected chi connectivity index (χ3v) is 3.75. The quantitative estimate of drug-likeness (QED) is 0.511. The van der Waals surface area contributed by atoms with Gasteiger partial charge in [0, 0.05) is 31.4 Å². The number of furan rings is 1. The first kappa shape index (κ1) is 18.0. The molecule has 0 aromatic carbocycles. The Morgan fingerprint density at radius 3 is 2.79 bits per heavy atom. The smallest absolute Gasteiger partial charge is 0.191 e. The number of aliphatic imine (C=N–C) groups is 1. The Hall–Kier alpha value is -2.34. The van der Waals surface area contributed by atoms with E-state index in [9.17, 15) is 5.11 Å². The summed E-state index contributed by atoms with van der Waals surface area (Å²) in [6.45, 7) is 5.21. The lowest BCUT2D eigenvalue weighted by atomic mass is 10.1. The zero-order chi connectivity index (χ0) is 17.2. The molecule has 2 aromatic heterocycles. The molecular formula is C18H26N4O2. The van der Waals surface area contributed by atoms with Gasteiger partial charge in [0.25, 0.3) is 0 Å². The van der Waals surface area contributed by atoms with Gasteiger partial charge in [-0.25, -0.2) is 0 Å². The highest BCUT2D eigenvalue weighted by atomic mass is 16.3. The molecule has 2 unspecified atom stereocenters. The van der Waals surface area contributed by atoms with Crippen molar-refractivity contribution in [3.05, 3.63) is 54.2 Å². The van der Waals surface area contributed by atoms with E-state index >= 15 is 0 Å². The van der Waals surface area contributed by atoms with Crippen LogP contribution in [0.25, 0.3) is 0 Å². The topological polar surface area (TPSA) is 82.7 Å². The van der Waals surface area contributed by atoms with Gasteiger partial charge in [0.15, 0.2) is 5.96 Å². The number of aromatic nitrogens is 1. The molecule has 0 fully saturated rings.